The monoisotopic (exact) mass is 457 g/mol. The lowest BCUT2D eigenvalue weighted by molar-refractivity contribution is -0.109. The smallest absolute Gasteiger partial charge is 0.255 e. The number of likely N-dealkylation sites (N-methyl/N-ethyl adjacent to an activating group) is 1. The van der Waals surface area contributed by atoms with Crippen LogP contribution in [0.3, 0.4) is 0 Å². The summed E-state index contributed by atoms with van der Waals surface area (Å²) < 4.78 is 6.05. The second kappa shape index (κ2) is 11.6. The van der Waals surface area contributed by atoms with Crippen LogP contribution in [-0.2, 0) is 17.8 Å². The van der Waals surface area contributed by atoms with Gasteiger partial charge >= 0.3 is 0 Å². The fourth-order valence-electron chi connectivity index (χ4n) is 4.07. The molecule has 1 N–H and O–H groups in total. The second-order valence-corrected chi connectivity index (χ2v) is 8.73. The third kappa shape index (κ3) is 6.53. The highest BCUT2D eigenvalue weighted by Gasteiger charge is 2.20. The van der Waals surface area contributed by atoms with E-state index in [-0.39, 0.29) is 5.91 Å². The normalized spacial score (nSPS) is 15.4. The van der Waals surface area contributed by atoms with Crippen molar-refractivity contribution < 1.29 is 14.3 Å². The predicted molar refractivity (Wildman–Crippen MR) is 133 cm³/mol. The van der Waals surface area contributed by atoms with Gasteiger partial charge in [-0.05, 0) is 48.9 Å². The zero-order valence-electron chi connectivity index (χ0n) is 19.5. The van der Waals surface area contributed by atoms with Gasteiger partial charge in [0.15, 0.2) is 0 Å². The number of hydrogen-bond acceptors (Lipinski definition) is 5. The van der Waals surface area contributed by atoms with E-state index in [0.717, 1.165) is 50.1 Å². The lowest BCUT2D eigenvalue weighted by Crippen LogP contribution is -2.43. The molecule has 3 aromatic rings. The van der Waals surface area contributed by atoms with Crippen LogP contribution in [0.2, 0.25) is 0 Å². The van der Waals surface area contributed by atoms with Crippen molar-refractivity contribution in [1.82, 2.24) is 15.1 Å². The molecule has 1 atom stereocenters. The van der Waals surface area contributed by atoms with Gasteiger partial charge in [0.2, 0.25) is 0 Å². The first-order valence-electron chi connectivity index (χ1n) is 11.7. The molecule has 6 heteroatoms. The van der Waals surface area contributed by atoms with Crippen LogP contribution in [0.4, 0.5) is 0 Å². The van der Waals surface area contributed by atoms with Gasteiger partial charge in [-0.25, -0.2) is 0 Å². The maximum Gasteiger partial charge on any atom is 0.255 e. The van der Waals surface area contributed by atoms with Crippen molar-refractivity contribution in [3.63, 3.8) is 0 Å². The Labute approximate surface area is 201 Å². The predicted octanol–water partition coefficient (Wildman–Crippen LogP) is 3.77. The van der Waals surface area contributed by atoms with Crippen molar-refractivity contribution >= 4 is 12.2 Å². The van der Waals surface area contributed by atoms with Crippen molar-refractivity contribution in [2.24, 2.45) is 0 Å². The maximum absolute atomic E-state index is 13.3. The standard InChI is InChI=1S/C28H31N3O3/c1-30-14-16-31(17-15-30)20-23-12-13-27(34-25-10-6-3-7-11-25)26(19-23)28(33)29-24(21-32)18-22-8-4-2-5-9-22/h2-13,19,21,24H,14-18,20H2,1H3,(H,29,33). The van der Waals surface area contributed by atoms with Gasteiger partial charge < -0.3 is 19.7 Å². The molecule has 0 aromatic heterocycles. The largest absolute Gasteiger partial charge is 0.457 e. The Morgan fingerprint density at radius 3 is 2.29 bits per heavy atom. The van der Waals surface area contributed by atoms with E-state index in [1.165, 1.54) is 0 Å². The maximum atomic E-state index is 13.3. The third-order valence-electron chi connectivity index (χ3n) is 6.04. The highest BCUT2D eigenvalue weighted by molar-refractivity contribution is 5.98. The van der Waals surface area contributed by atoms with Crippen molar-refractivity contribution in [1.29, 1.82) is 0 Å². The van der Waals surface area contributed by atoms with Gasteiger partial charge in [0.05, 0.1) is 11.6 Å². The molecule has 176 valence electrons. The summed E-state index contributed by atoms with van der Waals surface area (Å²) in [6.45, 7) is 4.81. The van der Waals surface area contributed by atoms with E-state index < -0.39 is 6.04 Å². The topological polar surface area (TPSA) is 61.9 Å². The van der Waals surface area contributed by atoms with Crippen molar-refractivity contribution in [2.75, 3.05) is 33.2 Å². The Bertz CT molecular complexity index is 1080. The lowest BCUT2D eigenvalue weighted by Gasteiger charge is -2.32. The summed E-state index contributed by atoms with van der Waals surface area (Å²) in [6.07, 6.45) is 1.22. The van der Waals surface area contributed by atoms with E-state index in [1.54, 1.807) is 0 Å². The lowest BCUT2D eigenvalue weighted by atomic mass is 10.0. The molecule has 4 rings (SSSR count). The van der Waals surface area contributed by atoms with E-state index in [0.29, 0.717) is 23.5 Å². The number of ether oxygens (including phenoxy) is 1. The van der Waals surface area contributed by atoms with Gasteiger partial charge in [-0.3, -0.25) is 9.69 Å². The Hall–Kier alpha value is -3.48. The van der Waals surface area contributed by atoms with Crippen LogP contribution >= 0.6 is 0 Å². The van der Waals surface area contributed by atoms with Gasteiger partial charge in [-0.1, -0.05) is 54.6 Å². The number of nitrogens with one attached hydrogen (secondary N) is 1. The first-order chi connectivity index (χ1) is 16.6. The molecule has 6 nitrogen and oxygen atoms in total. The molecule has 34 heavy (non-hydrogen) atoms. The molecule has 1 heterocycles. The summed E-state index contributed by atoms with van der Waals surface area (Å²) in [5.41, 5.74) is 2.46. The van der Waals surface area contributed by atoms with Crippen LogP contribution in [0.5, 0.6) is 11.5 Å². The number of amides is 1. The molecule has 1 aliphatic heterocycles. The van der Waals surface area contributed by atoms with E-state index in [2.05, 4.69) is 22.2 Å². The van der Waals surface area contributed by atoms with E-state index >= 15 is 0 Å². The molecule has 1 fully saturated rings. The minimum absolute atomic E-state index is 0.320. The molecule has 0 spiro atoms. The van der Waals surface area contributed by atoms with Crippen molar-refractivity contribution in [2.45, 2.75) is 19.0 Å². The molecule has 1 unspecified atom stereocenters. The number of carbonyl (C=O) groups is 2. The van der Waals surface area contributed by atoms with Gasteiger partial charge in [-0.15, -0.1) is 0 Å². The van der Waals surface area contributed by atoms with Crippen molar-refractivity contribution in [3.8, 4) is 11.5 Å². The van der Waals surface area contributed by atoms with Gasteiger partial charge in [0.1, 0.15) is 17.8 Å². The fourth-order valence-corrected chi connectivity index (χ4v) is 4.07. The Morgan fingerprint density at radius 2 is 1.62 bits per heavy atom. The molecule has 0 aliphatic carbocycles. The molecule has 0 bridgehead atoms. The van der Waals surface area contributed by atoms with Crippen LogP contribution in [-0.4, -0.2) is 61.3 Å². The number of nitrogens with zero attached hydrogens (tertiary/aromatic N) is 2. The van der Waals surface area contributed by atoms with Gasteiger partial charge in [0.25, 0.3) is 5.91 Å². The van der Waals surface area contributed by atoms with Crippen LogP contribution in [0.1, 0.15) is 21.5 Å². The van der Waals surface area contributed by atoms with Gasteiger partial charge in [-0.2, -0.15) is 0 Å². The average Bonchev–Trinajstić information content (AvgIpc) is 2.87. The molecule has 3 aromatic carbocycles. The summed E-state index contributed by atoms with van der Waals surface area (Å²) in [5, 5.41) is 2.89. The Kier molecular flexibility index (Phi) is 8.07. The van der Waals surface area contributed by atoms with E-state index in [1.807, 2.05) is 78.9 Å². The van der Waals surface area contributed by atoms with Gasteiger partial charge in [0, 0.05) is 32.7 Å². The summed E-state index contributed by atoms with van der Waals surface area (Å²) in [6, 6.07) is 24.2. The molecule has 1 aliphatic rings. The highest BCUT2D eigenvalue weighted by atomic mass is 16.5. The van der Waals surface area contributed by atoms with Crippen LogP contribution in [0.15, 0.2) is 78.9 Å². The summed E-state index contributed by atoms with van der Waals surface area (Å²) in [7, 11) is 2.13. The quantitative estimate of drug-likeness (QED) is 0.496. The third-order valence-corrected chi connectivity index (χ3v) is 6.04. The van der Waals surface area contributed by atoms with E-state index in [9.17, 15) is 9.59 Å². The number of rotatable bonds is 9. The number of carbonyl (C=O) groups excluding carboxylic acids is 2. The molecule has 1 amide bonds. The zero-order chi connectivity index (χ0) is 23.8. The van der Waals surface area contributed by atoms with Crippen LogP contribution < -0.4 is 10.1 Å². The zero-order valence-corrected chi connectivity index (χ0v) is 19.5. The summed E-state index contributed by atoms with van der Waals surface area (Å²) >= 11 is 0. The molecular weight excluding hydrogens is 426 g/mol. The fraction of sp³-hybridized carbons (Fsp3) is 0.286. The summed E-state index contributed by atoms with van der Waals surface area (Å²) in [5.74, 6) is 0.800. The molecular formula is C28H31N3O3. The first-order valence-corrected chi connectivity index (χ1v) is 11.7. The number of benzene rings is 3. The minimum Gasteiger partial charge on any atom is -0.457 e. The average molecular weight is 458 g/mol. The van der Waals surface area contributed by atoms with Crippen LogP contribution in [0.25, 0.3) is 0 Å². The Balaban J connectivity index is 1.54. The van der Waals surface area contributed by atoms with Crippen LogP contribution in [0, 0.1) is 0 Å². The first kappa shape index (κ1) is 23.7. The SMILES string of the molecule is CN1CCN(Cc2ccc(Oc3ccccc3)c(C(=O)NC(C=O)Cc3ccccc3)c2)CC1. The summed E-state index contributed by atoms with van der Waals surface area (Å²) in [4.78, 5) is 29.8. The highest BCUT2D eigenvalue weighted by Crippen LogP contribution is 2.27. The minimum atomic E-state index is -0.624. The van der Waals surface area contributed by atoms with E-state index in [4.69, 9.17) is 4.74 Å². The second-order valence-electron chi connectivity index (χ2n) is 8.73. The Morgan fingerprint density at radius 1 is 0.941 bits per heavy atom. The molecule has 0 saturated carbocycles. The molecule has 0 radical (unpaired) electrons. The van der Waals surface area contributed by atoms with Crippen molar-refractivity contribution in [3.05, 3.63) is 95.6 Å². The number of para-hydroxylation sites is 1. The molecule has 1 saturated heterocycles. The number of aldehydes is 1. The number of hydrogen-bond donors (Lipinski definition) is 1. The number of piperazine rings is 1.